The molecule has 0 amide bonds. The Kier molecular flexibility index (Phi) is 5.67. The van der Waals surface area contributed by atoms with E-state index in [1.807, 2.05) is 18.2 Å². The summed E-state index contributed by atoms with van der Waals surface area (Å²) in [5.74, 6) is 2.10. The summed E-state index contributed by atoms with van der Waals surface area (Å²) >= 11 is 13.2. The molecule has 0 saturated carbocycles. The summed E-state index contributed by atoms with van der Waals surface area (Å²) in [6.45, 7) is 4.10. The Bertz CT molecular complexity index is 1030. The van der Waals surface area contributed by atoms with E-state index in [-0.39, 0.29) is 0 Å². The molecule has 6 nitrogen and oxygen atoms in total. The van der Waals surface area contributed by atoms with Crippen LogP contribution in [0.2, 0.25) is 10.0 Å². The van der Waals surface area contributed by atoms with Gasteiger partial charge in [0.2, 0.25) is 5.95 Å². The lowest BCUT2D eigenvalue weighted by atomic mass is 10.0. The number of nitrogens with zero attached hydrogens (tertiary/aromatic N) is 2. The minimum Gasteiger partial charge on any atom is -0.495 e. The zero-order chi connectivity index (χ0) is 20.5. The molecule has 2 N–H and O–H groups in total. The molecule has 0 unspecified atom stereocenters. The SMILES string of the molecule is COc1cc(OC)c(Cl)c(-c2cccc3nc(N[C@@H]4CNC[C@H]4C)ncc23)c1Cl. The van der Waals surface area contributed by atoms with Crippen molar-refractivity contribution in [2.24, 2.45) is 5.92 Å². The van der Waals surface area contributed by atoms with Crippen LogP contribution in [0, 0.1) is 5.92 Å². The summed E-state index contributed by atoms with van der Waals surface area (Å²) in [6.07, 6.45) is 1.80. The molecule has 2 atom stereocenters. The molecule has 2 aromatic carbocycles. The summed E-state index contributed by atoms with van der Waals surface area (Å²) in [7, 11) is 3.11. The van der Waals surface area contributed by atoms with Gasteiger partial charge in [0.1, 0.15) is 11.5 Å². The van der Waals surface area contributed by atoms with Crippen molar-refractivity contribution in [2.45, 2.75) is 13.0 Å². The normalized spacial score (nSPS) is 18.8. The molecular formula is C21H22Cl2N4O2. The Hall–Kier alpha value is -2.28. The van der Waals surface area contributed by atoms with Crippen LogP contribution in [0.1, 0.15) is 6.92 Å². The Balaban J connectivity index is 1.81. The van der Waals surface area contributed by atoms with Gasteiger partial charge in [-0.3, -0.25) is 0 Å². The molecule has 152 valence electrons. The van der Waals surface area contributed by atoms with Gasteiger partial charge in [-0.05, 0) is 24.1 Å². The van der Waals surface area contributed by atoms with Gasteiger partial charge >= 0.3 is 0 Å². The Morgan fingerprint density at radius 3 is 2.45 bits per heavy atom. The molecule has 1 aliphatic heterocycles. The van der Waals surface area contributed by atoms with Crippen LogP contribution in [0.5, 0.6) is 11.5 Å². The van der Waals surface area contributed by atoms with Crippen molar-refractivity contribution in [3.63, 3.8) is 0 Å². The number of benzene rings is 2. The fraction of sp³-hybridized carbons (Fsp3) is 0.333. The van der Waals surface area contributed by atoms with Gasteiger partial charge < -0.3 is 20.1 Å². The third-order valence-corrected chi connectivity index (χ3v) is 6.05. The number of anilines is 1. The second-order valence-corrected chi connectivity index (χ2v) is 7.86. The molecule has 29 heavy (non-hydrogen) atoms. The molecule has 0 bridgehead atoms. The van der Waals surface area contributed by atoms with Gasteiger partial charge in [-0.1, -0.05) is 42.3 Å². The number of nitrogens with one attached hydrogen (secondary N) is 2. The smallest absolute Gasteiger partial charge is 0.223 e. The first-order valence-corrected chi connectivity index (χ1v) is 10.1. The molecule has 1 aromatic heterocycles. The van der Waals surface area contributed by atoms with Gasteiger partial charge in [-0.2, -0.15) is 0 Å². The highest BCUT2D eigenvalue weighted by Gasteiger charge is 2.24. The van der Waals surface area contributed by atoms with Crippen LogP contribution in [-0.2, 0) is 0 Å². The topological polar surface area (TPSA) is 68.3 Å². The van der Waals surface area contributed by atoms with Crippen LogP contribution in [-0.4, -0.2) is 43.3 Å². The predicted octanol–water partition coefficient (Wildman–Crippen LogP) is 4.64. The zero-order valence-corrected chi connectivity index (χ0v) is 17.9. The van der Waals surface area contributed by atoms with E-state index < -0.39 is 0 Å². The van der Waals surface area contributed by atoms with Crippen molar-refractivity contribution in [3.8, 4) is 22.6 Å². The molecule has 0 aliphatic carbocycles. The highest BCUT2D eigenvalue weighted by atomic mass is 35.5. The van der Waals surface area contributed by atoms with Gasteiger partial charge in [-0.25, -0.2) is 9.97 Å². The number of hydrogen-bond donors (Lipinski definition) is 2. The highest BCUT2D eigenvalue weighted by molar-refractivity contribution is 6.41. The van der Waals surface area contributed by atoms with E-state index in [1.165, 1.54) is 0 Å². The van der Waals surface area contributed by atoms with Crippen molar-refractivity contribution in [2.75, 3.05) is 32.6 Å². The van der Waals surface area contributed by atoms with Crippen LogP contribution in [0.3, 0.4) is 0 Å². The first kappa shape index (κ1) is 20.0. The standard InChI is InChI=1S/C21H22Cl2N4O2/c1-11-8-24-10-15(11)27-21-25-9-13-12(5-4-6-14(13)26-21)18-19(22)16(28-2)7-17(29-3)20(18)23/h4-7,9,11,15,24H,8,10H2,1-3H3,(H,25,26,27)/t11-,15-/m1/s1. The number of fused-ring (bicyclic) bond motifs is 1. The van der Waals surface area contributed by atoms with Crippen molar-refractivity contribution in [1.82, 2.24) is 15.3 Å². The van der Waals surface area contributed by atoms with E-state index in [1.54, 1.807) is 26.5 Å². The maximum atomic E-state index is 6.61. The van der Waals surface area contributed by atoms with Gasteiger partial charge in [0.15, 0.2) is 0 Å². The molecule has 0 radical (unpaired) electrons. The van der Waals surface area contributed by atoms with Crippen LogP contribution in [0.4, 0.5) is 5.95 Å². The summed E-state index contributed by atoms with van der Waals surface area (Å²) in [4.78, 5) is 9.24. The largest absolute Gasteiger partial charge is 0.495 e. The van der Waals surface area contributed by atoms with Crippen molar-refractivity contribution in [1.29, 1.82) is 0 Å². The molecule has 8 heteroatoms. The summed E-state index contributed by atoms with van der Waals surface area (Å²) in [5.41, 5.74) is 2.25. The van der Waals surface area contributed by atoms with Gasteiger partial charge in [0.25, 0.3) is 0 Å². The lowest BCUT2D eigenvalue weighted by molar-refractivity contribution is 0.395. The monoisotopic (exact) mass is 432 g/mol. The lowest BCUT2D eigenvalue weighted by Crippen LogP contribution is -2.27. The van der Waals surface area contributed by atoms with E-state index in [2.05, 4.69) is 22.5 Å². The Morgan fingerprint density at radius 2 is 1.83 bits per heavy atom. The number of aromatic nitrogens is 2. The third-order valence-electron chi connectivity index (χ3n) is 5.30. The van der Waals surface area contributed by atoms with E-state index in [9.17, 15) is 0 Å². The molecule has 0 spiro atoms. The second kappa shape index (κ2) is 8.22. The second-order valence-electron chi connectivity index (χ2n) is 7.10. The number of methoxy groups -OCH3 is 2. The van der Waals surface area contributed by atoms with Crippen molar-refractivity contribution >= 4 is 40.1 Å². The number of ether oxygens (including phenoxy) is 2. The van der Waals surface area contributed by atoms with Crippen molar-refractivity contribution in [3.05, 3.63) is 40.5 Å². The first-order valence-electron chi connectivity index (χ1n) is 9.36. The summed E-state index contributed by atoms with van der Waals surface area (Å²) in [5, 5.41) is 8.47. The van der Waals surface area contributed by atoms with Gasteiger partial charge in [0.05, 0.1) is 29.8 Å². The third kappa shape index (κ3) is 3.68. The molecule has 4 rings (SSSR count). The molecule has 1 aliphatic rings. The Labute approximate surface area is 179 Å². The van der Waals surface area contributed by atoms with Crippen LogP contribution in [0.15, 0.2) is 30.5 Å². The average Bonchev–Trinajstić information content (AvgIpc) is 3.12. The summed E-state index contributed by atoms with van der Waals surface area (Å²) < 4.78 is 10.8. The number of rotatable bonds is 5. The van der Waals surface area contributed by atoms with Gasteiger partial charge in [-0.15, -0.1) is 0 Å². The first-order chi connectivity index (χ1) is 14.0. The van der Waals surface area contributed by atoms with Crippen molar-refractivity contribution < 1.29 is 9.47 Å². The number of hydrogen-bond acceptors (Lipinski definition) is 6. The van der Waals surface area contributed by atoms with Gasteiger partial charge in [0, 0.05) is 35.8 Å². The quantitative estimate of drug-likeness (QED) is 0.611. The van der Waals surface area contributed by atoms with E-state index in [0.29, 0.717) is 45.0 Å². The number of halogens is 2. The van der Waals surface area contributed by atoms with E-state index in [0.717, 1.165) is 29.6 Å². The molecule has 2 heterocycles. The Morgan fingerprint density at radius 1 is 1.10 bits per heavy atom. The predicted molar refractivity (Wildman–Crippen MR) is 118 cm³/mol. The molecule has 1 saturated heterocycles. The van der Waals surface area contributed by atoms with Crippen LogP contribution < -0.4 is 20.1 Å². The molecule has 1 fully saturated rings. The highest BCUT2D eigenvalue weighted by Crippen LogP contribution is 2.47. The lowest BCUT2D eigenvalue weighted by Gasteiger charge is -2.18. The summed E-state index contributed by atoms with van der Waals surface area (Å²) in [6, 6.07) is 7.79. The van der Waals surface area contributed by atoms with Crippen LogP contribution in [0.25, 0.3) is 22.0 Å². The van der Waals surface area contributed by atoms with E-state index >= 15 is 0 Å². The molecule has 3 aromatic rings. The molecular weight excluding hydrogens is 411 g/mol. The minimum absolute atomic E-state index is 0.308. The fourth-order valence-corrected chi connectivity index (χ4v) is 4.34. The van der Waals surface area contributed by atoms with E-state index in [4.69, 9.17) is 37.7 Å². The minimum atomic E-state index is 0.308. The zero-order valence-electron chi connectivity index (χ0n) is 16.4. The fourth-order valence-electron chi connectivity index (χ4n) is 3.63. The average molecular weight is 433 g/mol. The maximum absolute atomic E-state index is 6.61. The maximum Gasteiger partial charge on any atom is 0.223 e. The van der Waals surface area contributed by atoms with Crippen LogP contribution >= 0.6 is 23.2 Å².